The molecule has 0 saturated carbocycles. The second-order valence-electron chi connectivity index (χ2n) is 9.16. The molecule has 0 aliphatic carbocycles. The van der Waals surface area contributed by atoms with Gasteiger partial charge in [0.2, 0.25) is 0 Å². The monoisotopic (exact) mass is 403 g/mol. The Morgan fingerprint density at radius 2 is 1.79 bits per heavy atom. The first-order valence-electron chi connectivity index (χ1n) is 11.0. The Balaban J connectivity index is 1.32. The molecule has 1 amide bonds. The smallest absolute Gasteiger partial charge is 0.410 e. The molecular weight excluding hydrogens is 366 g/mol. The van der Waals surface area contributed by atoms with Crippen molar-refractivity contribution in [1.29, 1.82) is 0 Å². The maximum atomic E-state index is 12.2. The molecule has 6 nitrogen and oxygen atoms in total. The third kappa shape index (κ3) is 7.61. The molecule has 3 rings (SSSR count). The van der Waals surface area contributed by atoms with Crippen LogP contribution in [-0.2, 0) is 16.0 Å². The summed E-state index contributed by atoms with van der Waals surface area (Å²) in [5.41, 5.74) is 0.943. The van der Waals surface area contributed by atoms with Crippen LogP contribution in [0.15, 0.2) is 30.3 Å². The molecule has 2 aliphatic rings. The molecule has 0 unspecified atom stereocenters. The summed E-state index contributed by atoms with van der Waals surface area (Å²) in [6.45, 7) is 14.0. The van der Waals surface area contributed by atoms with Crippen LogP contribution in [0.2, 0.25) is 0 Å². The number of carbonyl (C=O) groups excluding carboxylic acids is 1. The van der Waals surface area contributed by atoms with Gasteiger partial charge in [0.15, 0.2) is 0 Å². The number of ether oxygens (including phenoxy) is 2. The standard InChI is InChI=1S/C23H37N3O3/c1-23(2,3)29-22(27)26-14-12-24(13-15-26)11-7-10-21-19-25(16-17-28-21)18-20-8-5-4-6-9-20/h4-6,8-9,21H,7,10-19H2,1-3H3/t21-/m1/s1. The fraction of sp³-hybridized carbons (Fsp3) is 0.696. The first-order chi connectivity index (χ1) is 13.9. The molecule has 1 aromatic rings. The van der Waals surface area contributed by atoms with E-state index in [0.29, 0.717) is 6.10 Å². The van der Waals surface area contributed by atoms with Crippen molar-refractivity contribution in [3.63, 3.8) is 0 Å². The van der Waals surface area contributed by atoms with E-state index in [-0.39, 0.29) is 6.09 Å². The van der Waals surface area contributed by atoms with Gasteiger partial charge in [0.05, 0.1) is 12.7 Å². The predicted molar refractivity (Wildman–Crippen MR) is 115 cm³/mol. The maximum absolute atomic E-state index is 12.2. The number of hydrogen-bond donors (Lipinski definition) is 0. The summed E-state index contributed by atoms with van der Waals surface area (Å²) in [6, 6.07) is 10.7. The largest absolute Gasteiger partial charge is 0.444 e. The molecule has 0 radical (unpaired) electrons. The fourth-order valence-corrected chi connectivity index (χ4v) is 3.96. The molecule has 1 aromatic carbocycles. The van der Waals surface area contributed by atoms with Crippen LogP contribution in [0.5, 0.6) is 0 Å². The second kappa shape index (κ2) is 10.4. The molecule has 2 aliphatic heterocycles. The van der Waals surface area contributed by atoms with E-state index in [9.17, 15) is 4.79 Å². The number of rotatable bonds is 6. The van der Waals surface area contributed by atoms with Crippen LogP contribution >= 0.6 is 0 Å². The van der Waals surface area contributed by atoms with Crippen LogP contribution in [-0.4, -0.2) is 84.9 Å². The average Bonchev–Trinajstić information content (AvgIpc) is 2.68. The molecule has 6 heteroatoms. The summed E-state index contributed by atoms with van der Waals surface area (Å²) in [4.78, 5) is 18.9. The third-order valence-electron chi connectivity index (χ3n) is 5.50. The first kappa shape index (κ1) is 22.1. The Kier molecular flexibility index (Phi) is 7.92. The fourth-order valence-electron chi connectivity index (χ4n) is 3.96. The molecule has 29 heavy (non-hydrogen) atoms. The summed E-state index contributed by atoms with van der Waals surface area (Å²) < 4.78 is 11.5. The quantitative estimate of drug-likeness (QED) is 0.730. The molecule has 0 aromatic heterocycles. The number of benzene rings is 1. The Bertz CT molecular complexity index is 624. The van der Waals surface area contributed by atoms with E-state index in [1.807, 2.05) is 25.7 Å². The summed E-state index contributed by atoms with van der Waals surface area (Å²) in [6.07, 6.45) is 2.37. The number of carbonyl (C=O) groups is 1. The molecule has 0 bridgehead atoms. The van der Waals surface area contributed by atoms with Crippen LogP contribution in [0.25, 0.3) is 0 Å². The van der Waals surface area contributed by atoms with Gasteiger partial charge in [-0.2, -0.15) is 0 Å². The van der Waals surface area contributed by atoms with Crippen LogP contribution in [0.1, 0.15) is 39.2 Å². The molecule has 1 atom stereocenters. The first-order valence-corrected chi connectivity index (χ1v) is 11.0. The van der Waals surface area contributed by atoms with Gasteiger partial charge in [-0.05, 0) is 45.7 Å². The van der Waals surface area contributed by atoms with Crippen molar-refractivity contribution in [1.82, 2.24) is 14.7 Å². The van der Waals surface area contributed by atoms with Crippen LogP contribution < -0.4 is 0 Å². The highest BCUT2D eigenvalue weighted by Gasteiger charge is 2.26. The van der Waals surface area contributed by atoms with Crippen molar-refractivity contribution >= 4 is 6.09 Å². The zero-order valence-corrected chi connectivity index (χ0v) is 18.3. The predicted octanol–water partition coefficient (Wildman–Crippen LogP) is 3.22. The van der Waals surface area contributed by atoms with Gasteiger partial charge in [-0.3, -0.25) is 9.80 Å². The van der Waals surface area contributed by atoms with Gasteiger partial charge >= 0.3 is 6.09 Å². The molecular formula is C23H37N3O3. The van der Waals surface area contributed by atoms with E-state index in [0.717, 1.165) is 71.8 Å². The zero-order chi connectivity index (χ0) is 20.7. The number of piperazine rings is 1. The van der Waals surface area contributed by atoms with E-state index in [4.69, 9.17) is 9.47 Å². The van der Waals surface area contributed by atoms with E-state index in [1.165, 1.54) is 5.56 Å². The van der Waals surface area contributed by atoms with Gasteiger partial charge in [0.25, 0.3) is 0 Å². The summed E-state index contributed by atoms with van der Waals surface area (Å²) in [7, 11) is 0. The molecule has 0 N–H and O–H groups in total. The summed E-state index contributed by atoms with van der Waals surface area (Å²) >= 11 is 0. The highest BCUT2D eigenvalue weighted by atomic mass is 16.6. The van der Waals surface area contributed by atoms with Crippen molar-refractivity contribution in [2.45, 2.75) is 51.9 Å². The van der Waals surface area contributed by atoms with Gasteiger partial charge in [-0.25, -0.2) is 4.79 Å². The Morgan fingerprint density at radius 1 is 1.07 bits per heavy atom. The number of amides is 1. The minimum absolute atomic E-state index is 0.189. The highest BCUT2D eigenvalue weighted by molar-refractivity contribution is 5.68. The minimum atomic E-state index is -0.428. The van der Waals surface area contributed by atoms with Crippen LogP contribution in [0.4, 0.5) is 4.79 Å². The van der Waals surface area contributed by atoms with Gasteiger partial charge < -0.3 is 14.4 Å². The van der Waals surface area contributed by atoms with E-state index < -0.39 is 5.60 Å². The number of hydrogen-bond acceptors (Lipinski definition) is 5. The molecule has 2 saturated heterocycles. The molecule has 2 fully saturated rings. The number of nitrogens with zero attached hydrogens (tertiary/aromatic N) is 3. The van der Waals surface area contributed by atoms with Gasteiger partial charge in [-0.1, -0.05) is 30.3 Å². The van der Waals surface area contributed by atoms with Crippen molar-refractivity contribution in [3.8, 4) is 0 Å². The average molecular weight is 404 g/mol. The van der Waals surface area contributed by atoms with Gasteiger partial charge in [0, 0.05) is 45.8 Å². The third-order valence-corrected chi connectivity index (χ3v) is 5.50. The Labute approximate surface area is 175 Å². The number of morpholine rings is 1. The van der Waals surface area contributed by atoms with Crippen molar-refractivity contribution in [2.24, 2.45) is 0 Å². The molecule has 0 spiro atoms. The van der Waals surface area contributed by atoms with E-state index in [1.54, 1.807) is 0 Å². The summed E-state index contributed by atoms with van der Waals surface area (Å²) in [5.74, 6) is 0. The molecule has 162 valence electrons. The van der Waals surface area contributed by atoms with Crippen molar-refractivity contribution < 1.29 is 14.3 Å². The second-order valence-corrected chi connectivity index (χ2v) is 9.16. The van der Waals surface area contributed by atoms with Crippen LogP contribution in [0.3, 0.4) is 0 Å². The topological polar surface area (TPSA) is 45.2 Å². The normalized spacial score (nSPS) is 21.9. The van der Waals surface area contributed by atoms with Gasteiger partial charge in [0.1, 0.15) is 5.60 Å². The van der Waals surface area contributed by atoms with E-state index >= 15 is 0 Å². The lowest BCUT2D eigenvalue weighted by atomic mass is 10.1. The highest BCUT2D eigenvalue weighted by Crippen LogP contribution is 2.15. The maximum Gasteiger partial charge on any atom is 0.410 e. The Hall–Kier alpha value is -1.63. The van der Waals surface area contributed by atoms with Crippen LogP contribution in [0, 0.1) is 0 Å². The molecule has 2 heterocycles. The van der Waals surface area contributed by atoms with Crippen molar-refractivity contribution in [3.05, 3.63) is 35.9 Å². The van der Waals surface area contributed by atoms with Gasteiger partial charge in [-0.15, -0.1) is 0 Å². The minimum Gasteiger partial charge on any atom is -0.444 e. The SMILES string of the molecule is CC(C)(C)OC(=O)N1CCN(CCC[C@@H]2CN(Cc3ccccc3)CCO2)CC1. The summed E-state index contributed by atoms with van der Waals surface area (Å²) in [5, 5.41) is 0. The lowest BCUT2D eigenvalue weighted by Gasteiger charge is -2.36. The Morgan fingerprint density at radius 3 is 2.48 bits per heavy atom. The lowest BCUT2D eigenvalue weighted by Crippen LogP contribution is -2.50. The lowest BCUT2D eigenvalue weighted by molar-refractivity contribution is -0.0368. The van der Waals surface area contributed by atoms with Crippen molar-refractivity contribution in [2.75, 3.05) is 52.4 Å². The van der Waals surface area contributed by atoms with E-state index in [2.05, 4.69) is 40.1 Å². The zero-order valence-electron chi connectivity index (χ0n) is 18.3.